The molecular weight excluding hydrogens is 222 g/mol. The van der Waals surface area contributed by atoms with Gasteiger partial charge in [0.05, 0.1) is 6.54 Å². The van der Waals surface area contributed by atoms with E-state index in [-0.39, 0.29) is 0 Å². The fourth-order valence-electron chi connectivity index (χ4n) is 1.74. The van der Waals surface area contributed by atoms with Gasteiger partial charge >= 0.3 is 0 Å². The number of rotatable bonds is 5. The molecule has 1 aromatic carbocycles. The molecule has 0 unspecified atom stereocenters. The lowest BCUT2D eigenvalue weighted by Crippen LogP contribution is -2.32. The van der Waals surface area contributed by atoms with Crippen molar-refractivity contribution in [3.05, 3.63) is 34.9 Å². The number of benzene rings is 1. The van der Waals surface area contributed by atoms with Crippen LogP contribution in [0, 0.1) is 19.8 Å². The quantitative estimate of drug-likeness (QED) is 0.621. The molecule has 0 aliphatic carbocycles. The van der Waals surface area contributed by atoms with Crippen molar-refractivity contribution in [2.45, 2.75) is 40.7 Å². The first-order valence-electron chi connectivity index (χ1n) is 6.59. The van der Waals surface area contributed by atoms with Crippen molar-refractivity contribution < 1.29 is 0 Å². The fourth-order valence-corrected chi connectivity index (χ4v) is 1.74. The van der Waals surface area contributed by atoms with Gasteiger partial charge in [-0.05, 0) is 37.3 Å². The third-order valence-corrected chi connectivity index (χ3v) is 2.95. The molecule has 0 bridgehead atoms. The summed E-state index contributed by atoms with van der Waals surface area (Å²) in [7, 11) is 0. The monoisotopic (exact) mass is 247 g/mol. The summed E-state index contributed by atoms with van der Waals surface area (Å²) in [6, 6.07) is 6.41. The Labute approximate surface area is 111 Å². The average Bonchev–Trinajstić information content (AvgIpc) is 2.27. The summed E-state index contributed by atoms with van der Waals surface area (Å²) in [5, 5.41) is 3.14. The maximum atomic E-state index is 5.83. The zero-order valence-corrected chi connectivity index (χ0v) is 12.0. The van der Waals surface area contributed by atoms with Gasteiger partial charge in [-0.1, -0.05) is 37.6 Å². The second kappa shape index (κ2) is 7.04. The van der Waals surface area contributed by atoms with Crippen LogP contribution < -0.4 is 11.1 Å². The number of aryl methyl sites for hydroxylation is 2. The number of aliphatic imine (C=N–C) groups is 1. The summed E-state index contributed by atoms with van der Waals surface area (Å²) in [6.07, 6.45) is 1.11. The fraction of sp³-hybridized carbons (Fsp3) is 0.533. The number of hydrogen-bond acceptors (Lipinski definition) is 1. The van der Waals surface area contributed by atoms with Crippen molar-refractivity contribution in [1.29, 1.82) is 0 Å². The van der Waals surface area contributed by atoms with E-state index in [2.05, 4.69) is 56.2 Å². The molecule has 0 aliphatic heterocycles. The Balaban J connectivity index is 2.47. The SMILES string of the molecule is Cc1ccc(CN=C(N)NCCC(C)C)c(C)c1. The van der Waals surface area contributed by atoms with Crippen molar-refractivity contribution in [3.8, 4) is 0 Å². The van der Waals surface area contributed by atoms with E-state index in [9.17, 15) is 0 Å². The van der Waals surface area contributed by atoms with E-state index in [0.717, 1.165) is 13.0 Å². The largest absolute Gasteiger partial charge is 0.370 e. The normalized spacial score (nSPS) is 11.9. The van der Waals surface area contributed by atoms with Crippen molar-refractivity contribution >= 4 is 5.96 Å². The van der Waals surface area contributed by atoms with Gasteiger partial charge in [-0.2, -0.15) is 0 Å². The van der Waals surface area contributed by atoms with Crippen LogP contribution in [0.2, 0.25) is 0 Å². The van der Waals surface area contributed by atoms with Crippen molar-refractivity contribution in [1.82, 2.24) is 5.32 Å². The third-order valence-electron chi connectivity index (χ3n) is 2.95. The van der Waals surface area contributed by atoms with Gasteiger partial charge in [0.25, 0.3) is 0 Å². The molecule has 18 heavy (non-hydrogen) atoms. The summed E-state index contributed by atoms with van der Waals surface area (Å²) in [6.45, 7) is 10.1. The van der Waals surface area contributed by atoms with E-state index < -0.39 is 0 Å². The van der Waals surface area contributed by atoms with E-state index in [4.69, 9.17) is 5.73 Å². The Morgan fingerprint density at radius 2 is 2.06 bits per heavy atom. The molecule has 1 rings (SSSR count). The van der Waals surface area contributed by atoms with Gasteiger partial charge in [-0.3, -0.25) is 0 Å². The predicted molar refractivity (Wildman–Crippen MR) is 78.7 cm³/mol. The molecule has 3 heteroatoms. The summed E-state index contributed by atoms with van der Waals surface area (Å²) in [5.74, 6) is 1.22. The van der Waals surface area contributed by atoms with Crippen LogP contribution in [0.1, 0.15) is 37.0 Å². The second-order valence-electron chi connectivity index (χ2n) is 5.24. The highest BCUT2D eigenvalue weighted by molar-refractivity contribution is 5.77. The molecule has 1 aromatic rings. The first kappa shape index (κ1) is 14.6. The van der Waals surface area contributed by atoms with Crippen LogP contribution in [0.4, 0.5) is 0 Å². The zero-order chi connectivity index (χ0) is 13.5. The minimum atomic E-state index is 0.538. The van der Waals surface area contributed by atoms with E-state index in [1.54, 1.807) is 0 Å². The standard InChI is InChI=1S/C15H25N3/c1-11(2)7-8-17-15(16)18-10-14-6-5-12(3)9-13(14)4/h5-6,9,11H,7-8,10H2,1-4H3,(H3,16,17,18). The number of nitrogens with zero attached hydrogens (tertiary/aromatic N) is 1. The molecule has 0 radical (unpaired) electrons. The first-order valence-corrected chi connectivity index (χ1v) is 6.59. The highest BCUT2D eigenvalue weighted by atomic mass is 15.1. The molecule has 0 heterocycles. The van der Waals surface area contributed by atoms with Gasteiger partial charge in [0.1, 0.15) is 0 Å². The van der Waals surface area contributed by atoms with Gasteiger partial charge < -0.3 is 11.1 Å². The zero-order valence-electron chi connectivity index (χ0n) is 12.0. The highest BCUT2D eigenvalue weighted by Crippen LogP contribution is 2.11. The van der Waals surface area contributed by atoms with Crippen LogP contribution in [0.25, 0.3) is 0 Å². The lowest BCUT2D eigenvalue weighted by molar-refractivity contribution is 0.576. The molecule has 3 N–H and O–H groups in total. The van der Waals surface area contributed by atoms with Crippen molar-refractivity contribution in [3.63, 3.8) is 0 Å². The summed E-state index contributed by atoms with van der Waals surface area (Å²) in [5.41, 5.74) is 9.61. The van der Waals surface area contributed by atoms with Crippen LogP contribution in [0.3, 0.4) is 0 Å². The maximum Gasteiger partial charge on any atom is 0.188 e. The maximum absolute atomic E-state index is 5.83. The van der Waals surface area contributed by atoms with Crippen LogP contribution in [-0.2, 0) is 6.54 Å². The van der Waals surface area contributed by atoms with E-state index in [0.29, 0.717) is 18.4 Å². The molecule has 0 saturated heterocycles. The Morgan fingerprint density at radius 1 is 1.33 bits per heavy atom. The van der Waals surface area contributed by atoms with Gasteiger partial charge in [0.2, 0.25) is 0 Å². The third kappa shape index (κ3) is 5.21. The number of nitrogens with two attached hydrogens (primary N) is 1. The average molecular weight is 247 g/mol. The minimum Gasteiger partial charge on any atom is -0.370 e. The minimum absolute atomic E-state index is 0.538. The molecule has 0 atom stereocenters. The van der Waals surface area contributed by atoms with Crippen LogP contribution in [0.5, 0.6) is 0 Å². The lowest BCUT2D eigenvalue weighted by atomic mass is 10.1. The summed E-state index contributed by atoms with van der Waals surface area (Å²) >= 11 is 0. The first-order chi connectivity index (χ1) is 8.49. The Bertz CT molecular complexity index is 408. The van der Waals surface area contributed by atoms with Gasteiger partial charge in [0.15, 0.2) is 5.96 Å². The van der Waals surface area contributed by atoms with E-state index in [1.807, 2.05) is 0 Å². The molecule has 0 spiro atoms. The topological polar surface area (TPSA) is 50.4 Å². The van der Waals surface area contributed by atoms with E-state index in [1.165, 1.54) is 16.7 Å². The van der Waals surface area contributed by atoms with Gasteiger partial charge in [-0.25, -0.2) is 4.99 Å². The molecular formula is C15H25N3. The summed E-state index contributed by atoms with van der Waals surface area (Å²) < 4.78 is 0. The van der Waals surface area contributed by atoms with Crippen LogP contribution in [0.15, 0.2) is 23.2 Å². The van der Waals surface area contributed by atoms with E-state index >= 15 is 0 Å². The molecule has 3 nitrogen and oxygen atoms in total. The highest BCUT2D eigenvalue weighted by Gasteiger charge is 1.99. The molecule has 0 saturated carbocycles. The van der Waals surface area contributed by atoms with Crippen molar-refractivity contribution in [2.24, 2.45) is 16.6 Å². The second-order valence-corrected chi connectivity index (χ2v) is 5.24. The summed E-state index contributed by atoms with van der Waals surface area (Å²) in [4.78, 5) is 4.37. The predicted octanol–water partition coefficient (Wildman–Crippen LogP) is 2.75. The number of guanidine groups is 1. The van der Waals surface area contributed by atoms with Crippen LogP contribution >= 0.6 is 0 Å². The lowest BCUT2D eigenvalue weighted by Gasteiger charge is -2.08. The Morgan fingerprint density at radius 3 is 2.67 bits per heavy atom. The molecule has 0 aliphatic rings. The molecule has 0 fully saturated rings. The molecule has 0 aromatic heterocycles. The number of nitrogens with one attached hydrogen (secondary N) is 1. The Hall–Kier alpha value is -1.51. The number of hydrogen-bond donors (Lipinski definition) is 2. The van der Waals surface area contributed by atoms with Crippen molar-refractivity contribution in [2.75, 3.05) is 6.54 Å². The smallest absolute Gasteiger partial charge is 0.188 e. The molecule has 0 amide bonds. The van der Waals surface area contributed by atoms with Gasteiger partial charge in [0, 0.05) is 6.54 Å². The van der Waals surface area contributed by atoms with Gasteiger partial charge in [-0.15, -0.1) is 0 Å². The molecule has 100 valence electrons. The van der Waals surface area contributed by atoms with Crippen LogP contribution in [-0.4, -0.2) is 12.5 Å². The Kier molecular flexibility index (Phi) is 5.69.